The Bertz CT molecular complexity index is 1040. The van der Waals surface area contributed by atoms with Gasteiger partial charge in [0.2, 0.25) is 0 Å². The minimum atomic E-state index is -4.64. The van der Waals surface area contributed by atoms with Crippen LogP contribution >= 0.6 is 11.6 Å². The van der Waals surface area contributed by atoms with E-state index in [2.05, 4.69) is 17.7 Å². The molecule has 4 nitrogen and oxygen atoms in total. The van der Waals surface area contributed by atoms with Crippen LogP contribution in [0.2, 0.25) is 5.02 Å². The molecule has 204 valence electrons. The Morgan fingerprint density at radius 3 is 2.41 bits per heavy atom. The van der Waals surface area contributed by atoms with Crippen LogP contribution in [0.15, 0.2) is 42.5 Å². The molecule has 2 aromatic carbocycles. The molecule has 2 atom stereocenters. The number of ether oxygens (including phenoxy) is 1. The number of carboxylic acid groups (broad SMARTS) is 1. The van der Waals surface area contributed by atoms with Crippen molar-refractivity contribution in [2.45, 2.75) is 89.1 Å². The van der Waals surface area contributed by atoms with E-state index in [-0.39, 0.29) is 11.8 Å². The molecule has 0 spiro atoms. The minimum Gasteiger partial charge on any atom is -0.480 e. The third-order valence-electron chi connectivity index (χ3n) is 7.50. The molecule has 0 aliphatic heterocycles. The smallest absolute Gasteiger partial charge is 0.480 e. The van der Waals surface area contributed by atoms with Gasteiger partial charge in [-0.05, 0) is 105 Å². The second kappa shape index (κ2) is 13.1. The number of likely N-dealkylation sites (N-methyl/N-ethyl adjacent to an activating group) is 1. The Hall–Kier alpha value is -2.09. The second-order valence-electron chi connectivity index (χ2n) is 10.2. The van der Waals surface area contributed by atoms with Crippen molar-refractivity contribution < 1.29 is 27.8 Å². The molecular formula is C29H37ClF3NO3. The summed E-state index contributed by atoms with van der Waals surface area (Å²) in [6, 6.07) is 12.7. The molecule has 1 saturated carbocycles. The van der Waals surface area contributed by atoms with Crippen LogP contribution in [0.4, 0.5) is 13.2 Å². The highest BCUT2D eigenvalue weighted by molar-refractivity contribution is 6.30. The van der Waals surface area contributed by atoms with E-state index in [9.17, 15) is 23.1 Å². The molecule has 3 rings (SSSR count). The molecule has 1 aliphatic carbocycles. The van der Waals surface area contributed by atoms with Crippen molar-refractivity contribution in [3.05, 3.63) is 69.7 Å². The van der Waals surface area contributed by atoms with Gasteiger partial charge >= 0.3 is 12.3 Å². The maximum absolute atomic E-state index is 12.7. The molecule has 1 fully saturated rings. The molecular weight excluding hydrogens is 503 g/mol. The first-order valence-electron chi connectivity index (χ1n) is 13.0. The summed E-state index contributed by atoms with van der Waals surface area (Å²) in [6.45, 7) is 4.66. The third-order valence-corrected chi connectivity index (χ3v) is 7.73. The van der Waals surface area contributed by atoms with Gasteiger partial charge in [-0.2, -0.15) is 0 Å². The highest BCUT2D eigenvalue weighted by atomic mass is 35.5. The largest absolute Gasteiger partial charge is 0.522 e. The van der Waals surface area contributed by atoms with Crippen LogP contribution in [0.25, 0.3) is 0 Å². The zero-order valence-electron chi connectivity index (χ0n) is 21.7. The molecule has 0 amide bonds. The summed E-state index contributed by atoms with van der Waals surface area (Å²) >= 11 is 6.22. The SMILES string of the molecule is CCC[C@@H](CCN(C)C(C(=O)O)c1cccc(C)c1C1CCC(OC(F)(F)F)CC1)c1cccc(Cl)c1. The number of alkyl halides is 3. The first-order valence-corrected chi connectivity index (χ1v) is 13.4. The van der Waals surface area contributed by atoms with E-state index in [0.717, 1.165) is 41.5 Å². The second-order valence-corrected chi connectivity index (χ2v) is 10.6. The number of aryl methyl sites for hydroxylation is 1. The molecule has 2 aromatic rings. The Morgan fingerprint density at radius 1 is 1.14 bits per heavy atom. The molecule has 0 aromatic heterocycles. The normalized spacial score (nSPS) is 20.1. The number of carboxylic acids is 1. The van der Waals surface area contributed by atoms with E-state index in [1.165, 1.54) is 0 Å². The van der Waals surface area contributed by atoms with Crippen molar-refractivity contribution in [2.75, 3.05) is 13.6 Å². The summed E-state index contributed by atoms with van der Waals surface area (Å²) < 4.78 is 42.3. The highest BCUT2D eigenvalue weighted by Crippen LogP contribution is 2.41. The molecule has 0 heterocycles. The fourth-order valence-electron chi connectivity index (χ4n) is 5.79. The van der Waals surface area contributed by atoms with E-state index in [1.54, 1.807) is 0 Å². The molecule has 0 radical (unpaired) electrons. The number of rotatable bonds is 11. The lowest BCUT2D eigenvalue weighted by Crippen LogP contribution is -2.34. The summed E-state index contributed by atoms with van der Waals surface area (Å²) in [4.78, 5) is 14.5. The van der Waals surface area contributed by atoms with Crippen LogP contribution in [0.5, 0.6) is 0 Å². The van der Waals surface area contributed by atoms with Crippen molar-refractivity contribution in [1.29, 1.82) is 0 Å². The lowest BCUT2D eigenvalue weighted by atomic mass is 9.77. The molecule has 1 unspecified atom stereocenters. The summed E-state index contributed by atoms with van der Waals surface area (Å²) in [5.41, 5.74) is 3.81. The van der Waals surface area contributed by atoms with Gasteiger partial charge in [-0.3, -0.25) is 14.4 Å². The fraction of sp³-hybridized carbons (Fsp3) is 0.552. The van der Waals surface area contributed by atoms with E-state index >= 15 is 0 Å². The maximum atomic E-state index is 12.7. The summed E-state index contributed by atoms with van der Waals surface area (Å²) in [5.74, 6) is -0.668. The predicted molar refractivity (Wildman–Crippen MR) is 140 cm³/mol. The highest BCUT2D eigenvalue weighted by Gasteiger charge is 2.37. The van der Waals surface area contributed by atoms with Crippen molar-refractivity contribution >= 4 is 17.6 Å². The number of hydrogen-bond acceptors (Lipinski definition) is 3. The van der Waals surface area contributed by atoms with Crippen LogP contribution < -0.4 is 0 Å². The summed E-state index contributed by atoms with van der Waals surface area (Å²) in [5, 5.41) is 11.0. The molecule has 1 aliphatic rings. The summed E-state index contributed by atoms with van der Waals surface area (Å²) in [6.07, 6.45) is -1.06. The standard InChI is InChI=1S/C29H37ClF3NO3/c1-4-7-20(22-9-6-10-23(30)18-22)16-17-34(3)27(28(35)36)25-11-5-8-19(2)26(25)21-12-14-24(15-13-21)37-29(31,32)33/h5-6,8-11,18,20-21,24,27H,4,7,12-17H2,1-3H3,(H,35,36)/t20-,21?,24?,27?/m0/s1. The van der Waals surface area contributed by atoms with Crippen LogP contribution in [0.1, 0.15) is 92.0 Å². The van der Waals surface area contributed by atoms with Gasteiger partial charge in [0.05, 0.1) is 6.10 Å². The first-order chi connectivity index (χ1) is 17.5. The fourth-order valence-corrected chi connectivity index (χ4v) is 5.99. The topological polar surface area (TPSA) is 49.8 Å². The van der Waals surface area contributed by atoms with Gasteiger partial charge in [0.25, 0.3) is 0 Å². The lowest BCUT2D eigenvalue weighted by molar-refractivity contribution is -0.345. The molecule has 8 heteroatoms. The van der Waals surface area contributed by atoms with Crippen LogP contribution in [-0.2, 0) is 9.53 Å². The lowest BCUT2D eigenvalue weighted by Gasteiger charge is -2.34. The van der Waals surface area contributed by atoms with Gasteiger partial charge in [-0.25, -0.2) is 0 Å². The van der Waals surface area contributed by atoms with Gasteiger partial charge in [-0.1, -0.05) is 55.3 Å². The number of aliphatic carboxylic acids is 1. The Labute approximate surface area is 222 Å². The van der Waals surface area contributed by atoms with Gasteiger partial charge in [0.1, 0.15) is 6.04 Å². The van der Waals surface area contributed by atoms with E-state index in [1.807, 2.05) is 55.3 Å². The van der Waals surface area contributed by atoms with E-state index < -0.39 is 24.5 Å². The van der Waals surface area contributed by atoms with Crippen molar-refractivity contribution in [1.82, 2.24) is 4.90 Å². The number of halogens is 4. The van der Waals surface area contributed by atoms with Crippen molar-refractivity contribution in [3.8, 4) is 0 Å². The molecule has 0 saturated heterocycles. The van der Waals surface area contributed by atoms with Gasteiger partial charge in [-0.15, -0.1) is 13.2 Å². The molecule has 0 bridgehead atoms. The maximum Gasteiger partial charge on any atom is 0.522 e. The molecule has 1 N–H and O–H groups in total. The number of benzene rings is 2. The third kappa shape index (κ3) is 8.20. The van der Waals surface area contributed by atoms with Crippen LogP contribution in [-0.4, -0.2) is 42.0 Å². The van der Waals surface area contributed by atoms with Gasteiger partial charge in [0, 0.05) is 5.02 Å². The number of carbonyl (C=O) groups is 1. The number of hydrogen-bond donors (Lipinski definition) is 1. The molecule has 37 heavy (non-hydrogen) atoms. The average Bonchev–Trinajstić information content (AvgIpc) is 2.81. The van der Waals surface area contributed by atoms with Crippen LogP contribution in [0, 0.1) is 6.92 Å². The van der Waals surface area contributed by atoms with Crippen molar-refractivity contribution in [2.24, 2.45) is 0 Å². The average molecular weight is 540 g/mol. The number of nitrogens with zero attached hydrogens (tertiary/aromatic N) is 1. The van der Waals surface area contributed by atoms with Gasteiger partial charge < -0.3 is 5.11 Å². The van der Waals surface area contributed by atoms with E-state index in [0.29, 0.717) is 37.3 Å². The predicted octanol–water partition coefficient (Wildman–Crippen LogP) is 8.24. The zero-order valence-corrected chi connectivity index (χ0v) is 22.5. The van der Waals surface area contributed by atoms with Gasteiger partial charge in [0.15, 0.2) is 0 Å². The zero-order chi connectivity index (χ0) is 27.2. The monoisotopic (exact) mass is 539 g/mol. The Kier molecular flexibility index (Phi) is 10.4. The first kappa shape index (κ1) is 29.5. The quantitative estimate of drug-likeness (QED) is 0.312. The van der Waals surface area contributed by atoms with E-state index in [4.69, 9.17) is 11.6 Å². The Morgan fingerprint density at radius 2 is 1.81 bits per heavy atom. The summed E-state index contributed by atoms with van der Waals surface area (Å²) in [7, 11) is 1.83. The minimum absolute atomic E-state index is 0.00108. The Balaban J connectivity index is 1.79. The van der Waals surface area contributed by atoms with Crippen LogP contribution in [0.3, 0.4) is 0 Å². The van der Waals surface area contributed by atoms with Crippen molar-refractivity contribution in [3.63, 3.8) is 0 Å².